The Morgan fingerprint density at radius 3 is 2.56 bits per heavy atom. The van der Waals surface area contributed by atoms with E-state index in [1.54, 1.807) is 21.8 Å². The van der Waals surface area contributed by atoms with Gasteiger partial charge in [-0.3, -0.25) is 4.79 Å². The Hall–Kier alpha value is -1.53. The molecule has 0 unspecified atom stereocenters. The van der Waals surface area contributed by atoms with Crippen molar-refractivity contribution in [1.29, 1.82) is 0 Å². The summed E-state index contributed by atoms with van der Waals surface area (Å²) >= 11 is 0. The predicted molar refractivity (Wildman–Crippen MR) is 119 cm³/mol. The normalized spacial score (nSPS) is 26.3. The van der Waals surface area contributed by atoms with E-state index >= 15 is 0 Å². The lowest BCUT2D eigenvalue weighted by atomic mass is 10.0. The van der Waals surface area contributed by atoms with Crippen LogP contribution in [-0.2, 0) is 14.9 Å². The molecule has 0 bridgehead atoms. The summed E-state index contributed by atoms with van der Waals surface area (Å²) in [5.41, 5.74) is 0.302. The van der Waals surface area contributed by atoms with Crippen molar-refractivity contribution in [3.63, 3.8) is 0 Å². The zero-order valence-electron chi connectivity index (χ0n) is 19.0. The Labute approximate surface area is 190 Å². The van der Waals surface area contributed by atoms with Crippen molar-refractivity contribution in [2.75, 3.05) is 39.9 Å². The van der Waals surface area contributed by atoms with Gasteiger partial charge in [-0.2, -0.15) is 17.0 Å². The molecule has 0 spiro atoms. The minimum atomic E-state index is -3.51. The minimum Gasteiger partial charge on any atom is -0.383 e. The summed E-state index contributed by atoms with van der Waals surface area (Å²) in [5, 5.41) is 10.3. The van der Waals surface area contributed by atoms with Crippen molar-refractivity contribution in [3.05, 3.63) is 17.5 Å². The fourth-order valence-electron chi connectivity index (χ4n) is 4.64. The van der Waals surface area contributed by atoms with Gasteiger partial charge in [0.15, 0.2) is 5.69 Å². The van der Waals surface area contributed by atoms with Crippen molar-refractivity contribution < 1.29 is 22.5 Å². The zero-order valence-corrected chi connectivity index (χ0v) is 19.8. The zero-order chi connectivity index (χ0) is 22.7. The van der Waals surface area contributed by atoms with Crippen molar-refractivity contribution >= 4 is 16.1 Å². The molecule has 0 radical (unpaired) electrons. The van der Waals surface area contributed by atoms with Gasteiger partial charge >= 0.3 is 0 Å². The van der Waals surface area contributed by atoms with E-state index < -0.39 is 10.2 Å². The summed E-state index contributed by atoms with van der Waals surface area (Å²) in [7, 11) is -1.84. The van der Waals surface area contributed by atoms with Crippen molar-refractivity contribution in [3.8, 4) is 0 Å². The van der Waals surface area contributed by atoms with Gasteiger partial charge in [0.05, 0.1) is 6.61 Å². The van der Waals surface area contributed by atoms with Crippen LogP contribution >= 0.6 is 0 Å². The maximum absolute atomic E-state index is 13.2. The first kappa shape index (κ1) is 23.6. The Balaban J connectivity index is 1.26. The molecule has 10 nitrogen and oxygen atoms in total. The third-order valence-corrected chi connectivity index (χ3v) is 8.86. The molecule has 2 N–H and O–H groups in total. The highest BCUT2D eigenvalue weighted by Gasteiger charge is 2.39. The Bertz CT molecular complexity index is 879. The second kappa shape index (κ2) is 10.2. The van der Waals surface area contributed by atoms with Gasteiger partial charge in [-0.1, -0.05) is 5.16 Å². The molecule has 3 fully saturated rings. The molecule has 1 aromatic heterocycles. The van der Waals surface area contributed by atoms with E-state index in [4.69, 9.17) is 9.26 Å². The van der Waals surface area contributed by atoms with Gasteiger partial charge in [-0.15, -0.1) is 0 Å². The van der Waals surface area contributed by atoms with Gasteiger partial charge in [0.1, 0.15) is 5.76 Å². The molecule has 11 heteroatoms. The molecule has 2 aliphatic heterocycles. The Morgan fingerprint density at radius 2 is 1.91 bits per heavy atom. The maximum atomic E-state index is 13.2. The lowest BCUT2D eigenvalue weighted by Crippen LogP contribution is -2.56. The number of nitrogens with zero attached hydrogens (tertiary/aromatic N) is 3. The van der Waals surface area contributed by atoms with Crippen molar-refractivity contribution in [1.82, 2.24) is 24.4 Å². The largest absolute Gasteiger partial charge is 0.383 e. The minimum absolute atomic E-state index is 0.0826. The van der Waals surface area contributed by atoms with E-state index in [0.717, 1.165) is 38.0 Å². The van der Waals surface area contributed by atoms with Crippen LogP contribution in [0.2, 0.25) is 0 Å². The average Bonchev–Trinajstić information content (AvgIpc) is 3.50. The molecule has 1 aromatic rings. The summed E-state index contributed by atoms with van der Waals surface area (Å²) in [6.45, 7) is 4.78. The first-order chi connectivity index (χ1) is 15.4. The van der Waals surface area contributed by atoms with Gasteiger partial charge in [-0.05, 0) is 45.4 Å². The number of hydrogen-bond donors (Lipinski definition) is 2. The maximum Gasteiger partial charge on any atom is 0.282 e. The summed E-state index contributed by atoms with van der Waals surface area (Å²) < 4.78 is 40.0. The lowest BCUT2D eigenvalue weighted by molar-refractivity contribution is 0.0903. The van der Waals surface area contributed by atoms with Gasteiger partial charge < -0.3 is 19.9 Å². The van der Waals surface area contributed by atoms with E-state index in [1.807, 2.05) is 6.92 Å². The molecule has 2 saturated heterocycles. The van der Waals surface area contributed by atoms with Crippen LogP contribution in [0.4, 0.5) is 0 Å². The summed E-state index contributed by atoms with van der Waals surface area (Å²) in [6, 6.07) is 1.78. The van der Waals surface area contributed by atoms with Crippen LogP contribution in [0.5, 0.6) is 0 Å². The molecular weight excluding hydrogens is 434 g/mol. The molecule has 32 heavy (non-hydrogen) atoms. The average molecular weight is 470 g/mol. The number of ether oxygens (including phenoxy) is 1. The van der Waals surface area contributed by atoms with E-state index in [0.29, 0.717) is 56.7 Å². The fraction of sp³-hybridized carbons (Fsp3) is 0.810. The monoisotopic (exact) mass is 469 g/mol. The third-order valence-electron chi connectivity index (χ3n) is 6.71. The van der Waals surface area contributed by atoms with Crippen LogP contribution in [0, 0.1) is 0 Å². The quantitative estimate of drug-likeness (QED) is 0.520. The number of aromatic nitrogens is 1. The van der Waals surface area contributed by atoms with E-state index in [-0.39, 0.29) is 18.0 Å². The molecule has 3 heterocycles. The SMILES string of the molecule is COCCNC1CCN(S(=O)(=O)N2CC[C@H](NC(=O)c3cc(C4CC4)on3)C[C@@H]2C)CC1. The number of piperidine rings is 2. The van der Waals surface area contributed by atoms with Crippen LogP contribution < -0.4 is 10.6 Å². The van der Waals surface area contributed by atoms with Gasteiger partial charge in [-0.25, -0.2) is 0 Å². The summed E-state index contributed by atoms with van der Waals surface area (Å²) in [4.78, 5) is 12.5. The second-order valence-electron chi connectivity index (χ2n) is 9.17. The fourth-order valence-corrected chi connectivity index (χ4v) is 6.49. The summed E-state index contributed by atoms with van der Waals surface area (Å²) in [6.07, 6.45) is 4.92. The van der Waals surface area contributed by atoms with Crippen molar-refractivity contribution in [2.24, 2.45) is 0 Å². The molecule has 180 valence electrons. The first-order valence-corrected chi connectivity index (χ1v) is 13.0. The number of amides is 1. The summed E-state index contributed by atoms with van der Waals surface area (Å²) in [5.74, 6) is 0.933. The van der Waals surface area contributed by atoms with Gasteiger partial charge in [0.2, 0.25) is 0 Å². The lowest BCUT2D eigenvalue weighted by Gasteiger charge is -2.41. The smallest absolute Gasteiger partial charge is 0.282 e. The highest BCUT2D eigenvalue weighted by atomic mass is 32.2. The van der Waals surface area contributed by atoms with E-state index in [1.165, 1.54) is 0 Å². The van der Waals surface area contributed by atoms with Gasteiger partial charge in [0.25, 0.3) is 16.1 Å². The van der Waals surface area contributed by atoms with E-state index in [2.05, 4.69) is 15.8 Å². The molecule has 1 amide bonds. The number of carbonyl (C=O) groups excluding carboxylic acids is 1. The van der Waals surface area contributed by atoms with Crippen LogP contribution in [0.3, 0.4) is 0 Å². The molecule has 0 aromatic carbocycles. The van der Waals surface area contributed by atoms with Gasteiger partial charge in [0, 0.05) is 63.4 Å². The molecular formula is C21H35N5O5S. The number of hydrogen-bond acceptors (Lipinski definition) is 7. The molecule has 1 saturated carbocycles. The van der Waals surface area contributed by atoms with E-state index in [9.17, 15) is 13.2 Å². The molecule has 3 aliphatic rings. The Morgan fingerprint density at radius 1 is 1.19 bits per heavy atom. The second-order valence-corrected chi connectivity index (χ2v) is 11.1. The predicted octanol–water partition coefficient (Wildman–Crippen LogP) is 1.08. The third kappa shape index (κ3) is 5.51. The standard InChI is InChI=1S/C21H35N5O5S/c1-15-13-18(23-21(27)19-14-20(31-24-19)16-3-4-16)7-11-26(15)32(28,29)25-9-5-17(6-10-25)22-8-12-30-2/h14-18,22H,3-13H2,1-2H3,(H,23,27)/t15-,18-/m0/s1. The van der Waals surface area contributed by atoms with Crippen molar-refractivity contribution in [2.45, 2.75) is 69.5 Å². The number of carbonyl (C=O) groups is 1. The number of methoxy groups -OCH3 is 1. The Kier molecular flexibility index (Phi) is 7.51. The first-order valence-electron chi connectivity index (χ1n) is 11.6. The molecule has 1 aliphatic carbocycles. The van der Waals surface area contributed by atoms with Crippen LogP contribution in [0.1, 0.15) is 67.6 Å². The highest BCUT2D eigenvalue weighted by Crippen LogP contribution is 2.40. The van der Waals surface area contributed by atoms with Crippen LogP contribution in [0.25, 0.3) is 0 Å². The molecule has 2 atom stereocenters. The number of nitrogens with one attached hydrogen (secondary N) is 2. The highest BCUT2D eigenvalue weighted by molar-refractivity contribution is 7.86. The molecule has 4 rings (SSSR count). The van der Waals surface area contributed by atoms with Crippen LogP contribution in [0.15, 0.2) is 10.6 Å². The van der Waals surface area contributed by atoms with Crippen LogP contribution in [-0.4, -0.2) is 86.1 Å². The number of rotatable bonds is 9. The topological polar surface area (TPSA) is 117 Å².